The average molecular weight is 268 g/mol. The Morgan fingerprint density at radius 2 is 2.28 bits per heavy atom. The summed E-state index contributed by atoms with van der Waals surface area (Å²) in [5.74, 6) is 1.02. The Morgan fingerprint density at radius 3 is 2.89 bits per heavy atom. The quantitative estimate of drug-likeness (QED) is 0.828. The van der Waals surface area contributed by atoms with E-state index in [9.17, 15) is 0 Å². The fraction of sp³-hybridized carbons (Fsp3) is 0.667. The van der Waals surface area contributed by atoms with E-state index in [4.69, 9.17) is 22.7 Å². The van der Waals surface area contributed by atoms with E-state index < -0.39 is 0 Å². The molecule has 0 amide bonds. The normalized spacial score (nSPS) is 20.2. The summed E-state index contributed by atoms with van der Waals surface area (Å²) in [6.07, 6.45) is 2.49. The number of nitrogens with zero attached hydrogens (tertiary/aromatic N) is 3. The SMILES string of the molecule is COC1CCCN(c2c(C(N)=S)c(C)nn2C)C1. The predicted octanol–water partition coefficient (Wildman–Crippen LogP) is 0.978. The number of rotatable bonds is 3. The predicted molar refractivity (Wildman–Crippen MR) is 76.1 cm³/mol. The molecule has 0 aliphatic carbocycles. The Labute approximate surface area is 113 Å². The van der Waals surface area contributed by atoms with Crippen molar-refractivity contribution < 1.29 is 4.74 Å². The first-order valence-corrected chi connectivity index (χ1v) is 6.56. The largest absolute Gasteiger partial charge is 0.389 e. The first-order valence-electron chi connectivity index (χ1n) is 6.15. The van der Waals surface area contributed by atoms with E-state index in [2.05, 4.69) is 10.00 Å². The molecular weight excluding hydrogens is 248 g/mol. The molecule has 1 unspecified atom stereocenters. The number of hydrogen-bond donors (Lipinski definition) is 1. The first kappa shape index (κ1) is 13.3. The number of nitrogens with two attached hydrogens (primary N) is 1. The van der Waals surface area contributed by atoms with Crippen molar-refractivity contribution in [2.45, 2.75) is 25.9 Å². The lowest BCUT2D eigenvalue weighted by Gasteiger charge is -2.33. The monoisotopic (exact) mass is 268 g/mol. The summed E-state index contributed by atoms with van der Waals surface area (Å²) >= 11 is 5.14. The number of anilines is 1. The molecule has 0 saturated carbocycles. The van der Waals surface area contributed by atoms with E-state index in [-0.39, 0.29) is 6.10 Å². The minimum atomic E-state index is 0.271. The highest BCUT2D eigenvalue weighted by Gasteiger charge is 2.26. The second-order valence-corrected chi connectivity index (χ2v) is 5.16. The van der Waals surface area contributed by atoms with E-state index in [1.54, 1.807) is 7.11 Å². The molecule has 5 nitrogen and oxygen atoms in total. The minimum Gasteiger partial charge on any atom is -0.389 e. The summed E-state index contributed by atoms with van der Waals surface area (Å²) in [6, 6.07) is 0. The van der Waals surface area contributed by atoms with E-state index in [1.807, 2.05) is 18.7 Å². The van der Waals surface area contributed by atoms with Crippen LogP contribution < -0.4 is 10.6 Å². The third kappa shape index (κ3) is 2.35. The van der Waals surface area contributed by atoms with Crippen LogP contribution >= 0.6 is 12.2 Å². The van der Waals surface area contributed by atoms with Crippen LogP contribution in [0.5, 0.6) is 0 Å². The summed E-state index contributed by atoms with van der Waals surface area (Å²) in [7, 11) is 3.69. The Morgan fingerprint density at radius 1 is 1.56 bits per heavy atom. The summed E-state index contributed by atoms with van der Waals surface area (Å²) in [5, 5.41) is 4.43. The molecule has 2 N–H and O–H groups in total. The molecule has 100 valence electrons. The van der Waals surface area contributed by atoms with Gasteiger partial charge in [0.2, 0.25) is 0 Å². The van der Waals surface area contributed by atoms with Crippen molar-refractivity contribution in [3.63, 3.8) is 0 Å². The standard InChI is InChI=1S/C12H20N4OS/c1-8-10(11(13)18)12(15(2)14-8)16-6-4-5-9(7-16)17-3/h9H,4-7H2,1-3H3,(H2,13,18). The zero-order valence-electron chi connectivity index (χ0n) is 11.1. The van der Waals surface area contributed by atoms with Crippen LogP contribution in [0, 0.1) is 6.92 Å². The van der Waals surface area contributed by atoms with Gasteiger partial charge in [0.25, 0.3) is 0 Å². The Balaban J connectivity index is 2.35. The molecular formula is C12H20N4OS. The zero-order chi connectivity index (χ0) is 13.3. The van der Waals surface area contributed by atoms with E-state index in [1.165, 1.54) is 0 Å². The van der Waals surface area contributed by atoms with E-state index in [0.717, 1.165) is 43.0 Å². The third-order valence-electron chi connectivity index (χ3n) is 3.45. The number of piperidine rings is 1. The van der Waals surface area contributed by atoms with Gasteiger partial charge in [-0.1, -0.05) is 12.2 Å². The minimum absolute atomic E-state index is 0.271. The van der Waals surface area contributed by atoms with Gasteiger partial charge in [0.05, 0.1) is 17.4 Å². The number of aryl methyl sites for hydroxylation is 2. The maximum atomic E-state index is 5.82. The average Bonchev–Trinajstić information content (AvgIpc) is 2.64. The lowest BCUT2D eigenvalue weighted by Crippen LogP contribution is -2.41. The third-order valence-corrected chi connectivity index (χ3v) is 3.65. The van der Waals surface area contributed by atoms with Crippen LogP contribution in [-0.4, -0.2) is 41.1 Å². The van der Waals surface area contributed by atoms with Crippen molar-refractivity contribution in [2.75, 3.05) is 25.1 Å². The maximum Gasteiger partial charge on any atom is 0.137 e. The number of aromatic nitrogens is 2. The van der Waals surface area contributed by atoms with Gasteiger partial charge in [-0.3, -0.25) is 4.68 Å². The summed E-state index contributed by atoms with van der Waals surface area (Å²) in [5.41, 5.74) is 7.60. The fourth-order valence-corrected chi connectivity index (χ4v) is 2.86. The number of methoxy groups -OCH3 is 1. The van der Waals surface area contributed by atoms with Crippen molar-refractivity contribution in [1.82, 2.24) is 9.78 Å². The molecule has 18 heavy (non-hydrogen) atoms. The molecule has 1 atom stereocenters. The summed E-state index contributed by atoms with van der Waals surface area (Å²) in [4.78, 5) is 2.68. The van der Waals surface area contributed by atoms with Gasteiger partial charge in [-0.05, 0) is 19.8 Å². The van der Waals surface area contributed by atoms with Crippen LogP contribution in [0.25, 0.3) is 0 Å². The molecule has 1 aliphatic rings. The van der Waals surface area contributed by atoms with Gasteiger partial charge in [-0.15, -0.1) is 0 Å². The van der Waals surface area contributed by atoms with E-state index in [0.29, 0.717) is 4.99 Å². The Hall–Kier alpha value is -1.14. The van der Waals surface area contributed by atoms with Gasteiger partial charge in [0, 0.05) is 27.2 Å². The van der Waals surface area contributed by atoms with Crippen molar-refractivity contribution in [2.24, 2.45) is 12.8 Å². The molecule has 1 aromatic rings. The van der Waals surface area contributed by atoms with Crippen molar-refractivity contribution in [1.29, 1.82) is 0 Å². The van der Waals surface area contributed by atoms with Crippen LogP contribution in [0.3, 0.4) is 0 Å². The molecule has 0 spiro atoms. The topological polar surface area (TPSA) is 56.3 Å². The van der Waals surface area contributed by atoms with Crippen LogP contribution in [0.4, 0.5) is 5.82 Å². The molecule has 2 rings (SSSR count). The van der Waals surface area contributed by atoms with Crippen molar-refractivity contribution in [3.05, 3.63) is 11.3 Å². The van der Waals surface area contributed by atoms with E-state index >= 15 is 0 Å². The number of hydrogen-bond acceptors (Lipinski definition) is 4. The molecule has 1 fully saturated rings. The molecule has 0 aromatic carbocycles. The van der Waals surface area contributed by atoms with Gasteiger partial charge in [-0.25, -0.2) is 0 Å². The van der Waals surface area contributed by atoms with Crippen LogP contribution in [0.1, 0.15) is 24.1 Å². The van der Waals surface area contributed by atoms with Gasteiger partial charge in [0.1, 0.15) is 10.8 Å². The highest BCUT2D eigenvalue weighted by Crippen LogP contribution is 2.26. The number of thiocarbonyl (C=S) groups is 1. The second-order valence-electron chi connectivity index (χ2n) is 4.72. The maximum absolute atomic E-state index is 5.82. The molecule has 0 bridgehead atoms. The molecule has 1 aromatic heterocycles. The van der Waals surface area contributed by atoms with Crippen LogP contribution in [0.15, 0.2) is 0 Å². The Kier molecular flexibility index (Phi) is 3.87. The van der Waals surface area contributed by atoms with Crippen molar-refractivity contribution >= 4 is 23.0 Å². The zero-order valence-corrected chi connectivity index (χ0v) is 12.0. The van der Waals surface area contributed by atoms with Crippen molar-refractivity contribution in [3.8, 4) is 0 Å². The first-order chi connectivity index (χ1) is 8.54. The number of ether oxygens (including phenoxy) is 1. The molecule has 1 aliphatic heterocycles. The fourth-order valence-electron chi connectivity index (χ4n) is 2.62. The Bertz CT molecular complexity index is 457. The second kappa shape index (κ2) is 5.24. The van der Waals surface area contributed by atoms with Crippen LogP contribution in [0.2, 0.25) is 0 Å². The molecule has 2 heterocycles. The van der Waals surface area contributed by atoms with Gasteiger partial charge in [0.15, 0.2) is 0 Å². The molecule has 1 saturated heterocycles. The highest BCUT2D eigenvalue weighted by molar-refractivity contribution is 7.80. The lowest BCUT2D eigenvalue weighted by molar-refractivity contribution is 0.0889. The molecule has 0 radical (unpaired) electrons. The van der Waals surface area contributed by atoms with Gasteiger partial charge < -0.3 is 15.4 Å². The van der Waals surface area contributed by atoms with Gasteiger partial charge >= 0.3 is 0 Å². The summed E-state index contributed by atoms with van der Waals surface area (Å²) < 4.78 is 7.32. The molecule has 6 heteroatoms. The smallest absolute Gasteiger partial charge is 0.137 e. The summed E-state index contributed by atoms with van der Waals surface area (Å²) in [6.45, 7) is 3.80. The van der Waals surface area contributed by atoms with Gasteiger partial charge in [-0.2, -0.15) is 5.10 Å². The highest BCUT2D eigenvalue weighted by atomic mass is 32.1. The van der Waals surface area contributed by atoms with Crippen LogP contribution in [-0.2, 0) is 11.8 Å². The lowest BCUT2D eigenvalue weighted by atomic mass is 10.1.